The molecule has 0 spiro atoms. The van der Waals surface area contributed by atoms with Gasteiger partial charge >= 0.3 is 0 Å². The minimum atomic E-state index is -0.330. The number of carbonyl (C=O) groups is 1. The zero-order valence-electron chi connectivity index (χ0n) is 9.66. The maximum absolute atomic E-state index is 10.9. The van der Waals surface area contributed by atoms with Crippen molar-refractivity contribution in [3.05, 3.63) is 23.8 Å². The molecule has 0 amide bonds. The van der Waals surface area contributed by atoms with Crippen LogP contribution in [0.3, 0.4) is 0 Å². The molecule has 1 aliphatic heterocycles. The van der Waals surface area contributed by atoms with Crippen LogP contribution in [0.4, 0.5) is 0 Å². The number of benzene rings is 1. The van der Waals surface area contributed by atoms with Crippen LogP contribution in [-0.2, 0) is 11.2 Å². The van der Waals surface area contributed by atoms with Crippen LogP contribution in [0.2, 0.25) is 0 Å². The molecule has 2 rings (SSSR count). The van der Waals surface area contributed by atoms with Gasteiger partial charge in [0.1, 0.15) is 19.5 Å². The van der Waals surface area contributed by atoms with Gasteiger partial charge in [0.05, 0.1) is 0 Å². The monoisotopic (exact) mass is 220 g/mol. The number of hydrogen-bond acceptors (Lipinski definition) is 3. The molecule has 1 aromatic rings. The Hall–Kier alpha value is -1.51. The van der Waals surface area contributed by atoms with Crippen molar-refractivity contribution < 1.29 is 14.3 Å². The fraction of sp³-hybridized carbons (Fsp3) is 0.462. The van der Waals surface area contributed by atoms with E-state index in [9.17, 15) is 4.79 Å². The SMILES string of the molecule is CC(C)(C=O)Cc1ccc2c(c1)OCCO2. The topological polar surface area (TPSA) is 35.5 Å². The van der Waals surface area contributed by atoms with Crippen LogP contribution in [0.15, 0.2) is 18.2 Å². The number of aldehydes is 1. The van der Waals surface area contributed by atoms with Crippen LogP contribution >= 0.6 is 0 Å². The van der Waals surface area contributed by atoms with Crippen LogP contribution < -0.4 is 9.47 Å². The summed E-state index contributed by atoms with van der Waals surface area (Å²) in [5, 5.41) is 0. The molecule has 0 atom stereocenters. The van der Waals surface area contributed by atoms with Gasteiger partial charge < -0.3 is 14.3 Å². The lowest BCUT2D eigenvalue weighted by Gasteiger charge is -2.21. The summed E-state index contributed by atoms with van der Waals surface area (Å²) in [7, 11) is 0. The summed E-state index contributed by atoms with van der Waals surface area (Å²) in [5.41, 5.74) is 0.769. The second kappa shape index (κ2) is 4.16. The molecule has 1 heterocycles. The first-order valence-corrected chi connectivity index (χ1v) is 5.46. The average Bonchev–Trinajstić information content (AvgIpc) is 2.28. The maximum atomic E-state index is 10.9. The van der Waals surface area contributed by atoms with Gasteiger partial charge in [-0.15, -0.1) is 0 Å². The van der Waals surface area contributed by atoms with Crippen molar-refractivity contribution in [1.82, 2.24) is 0 Å². The number of carbonyl (C=O) groups excluding carboxylic acids is 1. The Bertz CT molecular complexity index is 396. The molecular formula is C13H16O3. The van der Waals surface area contributed by atoms with E-state index < -0.39 is 0 Å². The predicted octanol–water partition coefficient (Wildman–Crippen LogP) is 2.23. The molecule has 0 saturated carbocycles. The highest BCUT2D eigenvalue weighted by atomic mass is 16.6. The highest BCUT2D eigenvalue weighted by Gasteiger charge is 2.19. The lowest BCUT2D eigenvalue weighted by molar-refractivity contribution is -0.114. The molecule has 0 aromatic heterocycles. The van der Waals surface area contributed by atoms with E-state index in [-0.39, 0.29) is 5.41 Å². The van der Waals surface area contributed by atoms with Crippen molar-refractivity contribution in [2.75, 3.05) is 13.2 Å². The Kier molecular flexibility index (Phi) is 2.86. The van der Waals surface area contributed by atoms with Crippen LogP contribution in [0.1, 0.15) is 19.4 Å². The molecule has 0 bridgehead atoms. The molecule has 86 valence electrons. The van der Waals surface area contributed by atoms with Gasteiger partial charge in [-0.25, -0.2) is 0 Å². The molecule has 3 nitrogen and oxygen atoms in total. The van der Waals surface area contributed by atoms with Gasteiger partial charge in [-0.05, 0) is 24.1 Å². The van der Waals surface area contributed by atoms with Crippen molar-refractivity contribution in [1.29, 1.82) is 0 Å². The Morgan fingerprint density at radius 3 is 2.62 bits per heavy atom. The van der Waals surface area contributed by atoms with Crippen LogP contribution in [0.25, 0.3) is 0 Å². The van der Waals surface area contributed by atoms with Gasteiger partial charge in [0.15, 0.2) is 11.5 Å². The standard InChI is InChI=1S/C13H16O3/c1-13(2,9-14)8-10-3-4-11-12(7-10)16-6-5-15-11/h3-4,7,9H,5-6,8H2,1-2H3. The fourth-order valence-corrected chi connectivity index (χ4v) is 1.77. The molecule has 0 fully saturated rings. The Balaban J connectivity index is 2.20. The van der Waals surface area contributed by atoms with E-state index in [1.807, 2.05) is 32.0 Å². The molecule has 0 unspecified atom stereocenters. The molecule has 0 saturated heterocycles. The number of hydrogen-bond donors (Lipinski definition) is 0. The van der Waals surface area contributed by atoms with Crippen LogP contribution in [0.5, 0.6) is 11.5 Å². The second-order valence-electron chi connectivity index (χ2n) is 4.76. The Labute approximate surface area is 95.4 Å². The number of fused-ring (bicyclic) bond motifs is 1. The summed E-state index contributed by atoms with van der Waals surface area (Å²) in [5.74, 6) is 1.57. The molecule has 0 radical (unpaired) electrons. The fourth-order valence-electron chi connectivity index (χ4n) is 1.77. The van der Waals surface area contributed by atoms with Crippen molar-refractivity contribution >= 4 is 6.29 Å². The third-order valence-corrected chi connectivity index (χ3v) is 2.59. The quantitative estimate of drug-likeness (QED) is 0.733. The van der Waals surface area contributed by atoms with Crippen molar-refractivity contribution in [3.63, 3.8) is 0 Å². The van der Waals surface area contributed by atoms with Gasteiger partial charge in [0, 0.05) is 5.41 Å². The zero-order valence-corrected chi connectivity index (χ0v) is 9.66. The summed E-state index contributed by atoms with van der Waals surface area (Å²) in [6.45, 7) is 5.05. The van der Waals surface area contributed by atoms with Gasteiger partial charge in [-0.3, -0.25) is 0 Å². The van der Waals surface area contributed by atoms with Gasteiger partial charge in [0.2, 0.25) is 0 Å². The summed E-state index contributed by atoms with van der Waals surface area (Å²) in [4.78, 5) is 10.9. The predicted molar refractivity (Wildman–Crippen MR) is 61.0 cm³/mol. The third kappa shape index (κ3) is 2.35. The first-order valence-electron chi connectivity index (χ1n) is 5.46. The molecular weight excluding hydrogens is 204 g/mol. The summed E-state index contributed by atoms with van der Waals surface area (Å²) in [6, 6.07) is 5.85. The van der Waals surface area contributed by atoms with Gasteiger partial charge in [-0.1, -0.05) is 19.9 Å². The summed E-state index contributed by atoms with van der Waals surface area (Å²) >= 11 is 0. The zero-order chi connectivity index (χ0) is 11.6. The van der Waals surface area contributed by atoms with E-state index in [2.05, 4.69) is 0 Å². The minimum Gasteiger partial charge on any atom is -0.486 e. The number of ether oxygens (including phenoxy) is 2. The highest BCUT2D eigenvalue weighted by molar-refractivity contribution is 5.59. The minimum absolute atomic E-state index is 0.330. The van der Waals surface area contributed by atoms with Gasteiger partial charge in [-0.2, -0.15) is 0 Å². The lowest BCUT2D eigenvalue weighted by atomic mass is 9.87. The maximum Gasteiger partial charge on any atom is 0.161 e. The van der Waals surface area contributed by atoms with Crippen molar-refractivity contribution in [2.24, 2.45) is 5.41 Å². The van der Waals surface area contributed by atoms with E-state index in [0.717, 1.165) is 23.3 Å². The summed E-state index contributed by atoms with van der Waals surface area (Å²) < 4.78 is 10.9. The van der Waals surface area contributed by atoms with Gasteiger partial charge in [0.25, 0.3) is 0 Å². The number of rotatable bonds is 3. The smallest absolute Gasteiger partial charge is 0.161 e. The molecule has 0 N–H and O–H groups in total. The lowest BCUT2D eigenvalue weighted by Crippen LogP contribution is -2.18. The van der Waals surface area contributed by atoms with E-state index in [1.165, 1.54) is 0 Å². The van der Waals surface area contributed by atoms with E-state index in [4.69, 9.17) is 9.47 Å². The third-order valence-electron chi connectivity index (χ3n) is 2.59. The molecule has 0 aliphatic carbocycles. The highest BCUT2D eigenvalue weighted by Crippen LogP contribution is 2.32. The van der Waals surface area contributed by atoms with Crippen LogP contribution in [0, 0.1) is 5.41 Å². The molecule has 16 heavy (non-hydrogen) atoms. The molecule has 1 aliphatic rings. The first-order chi connectivity index (χ1) is 7.61. The van der Waals surface area contributed by atoms with E-state index in [1.54, 1.807) is 0 Å². The summed E-state index contributed by atoms with van der Waals surface area (Å²) in [6.07, 6.45) is 1.71. The van der Waals surface area contributed by atoms with Crippen molar-refractivity contribution in [2.45, 2.75) is 20.3 Å². The van der Waals surface area contributed by atoms with Crippen LogP contribution in [-0.4, -0.2) is 19.5 Å². The average molecular weight is 220 g/mol. The Morgan fingerprint density at radius 2 is 1.94 bits per heavy atom. The van der Waals surface area contributed by atoms with E-state index in [0.29, 0.717) is 19.6 Å². The normalized spacial score (nSPS) is 14.6. The second-order valence-corrected chi connectivity index (χ2v) is 4.76. The van der Waals surface area contributed by atoms with Crippen molar-refractivity contribution in [3.8, 4) is 11.5 Å². The largest absolute Gasteiger partial charge is 0.486 e. The molecule has 1 aromatic carbocycles. The van der Waals surface area contributed by atoms with E-state index >= 15 is 0 Å². The first kappa shape index (κ1) is 11.0. The Morgan fingerprint density at radius 1 is 1.25 bits per heavy atom. The molecule has 3 heteroatoms.